The standard InChI is InChI=1S/C7H9NO3S.C2F6O5S2.C2H6/c1-12(10,11)8-6-2-4-7(9)5-3-6;3-1(4,5)14(9,10)13-15(11,12)2(6,7)8;1-2/h2-5,8-9H,1H3;;1-2H3. The van der Waals surface area contributed by atoms with E-state index in [0.29, 0.717) is 5.69 Å². The molecule has 1 aromatic rings. The number of phenols is 1. The van der Waals surface area contributed by atoms with E-state index in [1.807, 2.05) is 17.5 Å². The molecule has 0 saturated carbocycles. The third kappa shape index (κ3) is 11.1. The quantitative estimate of drug-likeness (QED) is 0.365. The van der Waals surface area contributed by atoms with Gasteiger partial charge < -0.3 is 5.11 Å². The maximum atomic E-state index is 11.4. The minimum atomic E-state index is -6.85. The van der Waals surface area contributed by atoms with Crippen molar-refractivity contribution < 1.29 is 60.3 Å². The van der Waals surface area contributed by atoms with E-state index < -0.39 is 41.3 Å². The number of benzene rings is 1. The molecule has 0 aromatic heterocycles. The highest BCUT2D eigenvalue weighted by Crippen LogP contribution is 2.32. The Hall–Kier alpha value is -1.79. The molecule has 1 aromatic carbocycles. The van der Waals surface area contributed by atoms with E-state index >= 15 is 0 Å². The van der Waals surface area contributed by atoms with E-state index in [4.69, 9.17) is 5.11 Å². The van der Waals surface area contributed by atoms with Crippen molar-refractivity contribution in [1.82, 2.24) is 0 Å². The van der Waals surface area contributed by atoms with Crippen molar-refractivity contribution in [2.75, 3.05) is 11.0 Å². The Kier molecular flexibility index (Phi) is 10.4. The first-order valence-corrected chi connectivity index (χ1v) is 11.5. The number of rotatable bonds is 4. The number of nitrogens with one attached hydrogen (secondary N) is 1. The Morgan fingerprint density at radius 1 is 0.793 bits per heavy atom. The van der Waals surface area contributed by atoms with Gasteiger partial charge in [-0.25, -0.2) is 8.42 Å². The number of halogens is 6. The number of phenolic OH excluding ortho intramolecular Hbond substituents is 1. The Morgan fingerprint density at radius 3 is 1.34 bits per heavy atom. The fraction of sp³-hybridized carbons (Fsp3) is 0.455. The van der Waals surface area contributed by atoms with Crippen molar-refractivity contribution in [3.05, 3.63) is 24.3 Å². The zero-order valence-corrected chi connectivity index (χ0v) is 17.1. The molecule has 0 aliphatic rings. The first kappa shape index (κ1) is 29.4. The lowest BCUT2D eigenvalue weighted by atomic mass is 10.3. The zero-order valence-electron chi connectivity index (χ0n) is 14.6. The van der Waals surface area contributed by atoms with Gasteiger partial charge in [0.25, 0.3) is 0 Å². The minimum absolute atomic E-state index is 0.106. The molecule has 1 rings (SSSR count). The van der Waals surface area contributed by atoms with Gasteiger partial charge in [-0.05, 0) is 24.3 Å². The first-order chi connectivity index (χ1) is 12.7. The fourth-order valence-corrected chi connectivity index (χ4v) is 3.06. The van der Waals surface area contributed by atoms with Gasteiger partial charge in [-0.15, -0.1) is 3.63 Å². The van der Waals surface area contributed by atoms with Crippen LogP contribution < -0.4 is 4.72 Å². The second kappa shape index (κ2) is 10.3. The van der Waals surface area contributed by atoms with E-state index in [0.717, 1.165) is 6.26 Å². The van der Waals surface area contributed by atoms with Gasteiger partial charge in [-0.1, -0.05) is 13.8 Å². The molecule has 9 nitrogen and oxygen atoms in total. The lowest BCUT2D eigenvalue weighted by Crippen LogP contribution is -2.34. The summed E-state index contributed by atoms with van der Waals surface area (Å²) < 4.78 is 134. The van der Waals surface area contributed by atoms with E-state index in [-0.39, 0.29) is 5.75 Å². The molecule has 172 valence electrons. The predicted molar refractivity (Wildman–Crippen MR) is 89.0 cm³/mol. The molecule has 0 spiro atoms. The molecule has 2 N–H and O–H groups in total. The van der Waals surface area contributed by atoms with Crippen molar-refractivity contribution in [3.63, 3.8) is 0 Å². The van der Waals surface area contributed by atoms with Gasteiger partial charge in [-0.3, -0.25) is 4.72 Å². The second-order valence-electron chi connectivity index (χ2n) is 4.29. The van der Waals surface area contributed by atoms with Gasteiger partial charge in [0.1, 0.15) is 5.75 Å². The van der Waals surface area contributed by atoms with E-state index in [2.05, 4.69) is 4.72 Å². The van der Waals surface area contributed by atoms with Crippen LogP contribution in [0.3, 0.4) is 0 Å². The fourth-order valence-electron chi connectivity index (χ4n) is 0.939. The highest BCUT2D eigenvalue weighted by atomic mass is 32.3. The molecule has 0 aliphatic carbocycles. The van der Waals surface area contributed by atoms with Gasteiger partial charge >= 0.3 is 31.3 Å². The third-order valence-electron chi connectivity index (χ3n) is 1.92. The van der Waals surface area contributed by atoms with E-state index in [1.54, 1.807) is 0 Å². The van der Waals surface area contributed by atoms with Crippen molar-refractivity contribution in [1.29, 1.82) is 0 Å². The largest absolute Gasteiger partial charge is 0.524 e. The van der Waals surface area contributed by atoms with Crippen LogP contribution in [0.25, 0.3) is 0 Å². The number of sulfonamides is 1. The summed E-state index contributed by atoms with van der Waals surface area (Å²) in [5.41, 5.74) is -12.1. The van der Waals surface area contributed by atoms with Crippen LogP contribution in [-0.2, 0) is 33.9 Å². The smallest absolute Gasteiger partial charge is 0.508 e. The predicted octanol–water partition coefficient (Wildman–Crippen LogP) is 2.49. The number of aromatic hydroxyl groups is 1. The van der Waals surface area contributed by atoms with Gasteiger partial charge in [0.2, 0.25) is 10.0 Å². The van der Waals surface area contributed by atoms with Crippen molar-refractivity contribution in [2.24, 2.45) is 0 Å². The van der Waals surface area contributed by atoms with Gasteiger partial charge in [-0.2, -0.15) is 43.2 Å². The molecule has 29 heavy (non-hydrogen) atoms. The number of alkyl halides is 6. The lowest BCUT2D eigenvalue weighted by Gasteiger charge is -2.09. The molecule has 0 unspecified atom stereocenters. The summed E-state index contributed by atoms with van der Waals surface area (Å²) >= 11 is 0. The van der Waals surface area contributed by atoms with Crippen LogP contribution >= 0.6 is 0 Å². The molecule has 0 radical (unpaired) electrons. The van der Waals surface area contributed by atoms with Crippen molar-refractivity contribution >= 4 is 35.9 Å². The van der Waals surface area contributed by atoms with E-state index in [9.17, 15) is 51.6 Å². The average Bonchev–Trinajstić information content (AvgIpc) is 2.48. The lowest BCUT2D eigenvalue weighted by molar-refractivity contribution is -0.0585. The summed E-state index contributed by atoms with van der Waals surface area (Å²) in [5, 5.41) is 8.88. The summed E-state index contributed by atoms with van der Waals surface area (Å²) in [7, 11) is -16.9. The Labute approximate surface area is 162 Å². The summed E-state index contributed by atoms with van der Waals surface area (Å²) in [5.74, 6) is 0.106. The number of hydrogen-bond acceptors (Lipinski definition) is 8. The summed E-state index contributed by atoms with van der Waals surface area (Å²) in [6.07, 6.45) is 1.07. The Bertz CT molecular complexity index is 909. The topological polar surface area (TPSA) is 144 Å². The molecule has 0 heterocycles. The molecule has 0 atom stereocenters. The highest BCUT2D eigenvalue weighted by Gasteiger charge is 2.57. The van der Waals surface area contributed by atoms with E-state index in [1.165, 1.54) is 24.3 Å². The SMILES string of the molecule is CC.CS(=O)(=O)Nc1ccc(O)cc1.O=S(=O)(OS(=O)(=O)C(F)(F)F)C(F)(F)F. The molecule has 0 fully saturated rings. The van der Waals surface area contributed by atoms with Crippen LogP contribution in [0.15, 0.2) is 24.3 Å². The third-order valence-corrected chi connectivity index (χ3v) is 5.09. The Morgan fingerprint density at radius 2 is 1.10 bits per heavy atom. The average molecular weight is 499 g/mol. The van der Waals surface area contributed by atoms with Gasteiger partial charge in [0.15, 0.2) is 0 Å². The molecule has 18 heteroatoms. The van der Waals surface area contributed by atoms with Crippen LogP contribution in [-0.4, -0.2) is 47.6 Å². The monoisotopic (exact) mass is 499 g/mol. The number of hydrogen-bond donors (Lipinski definition) is 2. The molecule has 0 saturated heterocycles. The van der Waals surface area contributed by atoms with Crippen LogP contribution in [0, 0.1) is 0 Å². The van der Waals surface area contributed by atoms with Gasteiger partial charge in [0.05, 0.1) is 6.26 Å². The van der Waals surface area contributed by atoms with Crippen molar-refractivity contribution in [2.45, 2.75) is 24.9 Å². The first-order valence-electron chi connectivity index (χ1n) is 6.78. The van der Waals surface area contributed by atoms with Gasteiger partial charge in [0, 0.05) is 5.69 Å². The minimum Gasteiger partial charge on any atom is -0.508 e. The number of anilines is 1. The molecular weight excluding hydrogens is 484 g/mol. The summed E-state index contributed by atoms with van der Waals surface area (Å²) in [6, 6.07) is 5.79. The summed E-state index contributed by atoms with van der Waals surface area (Å²) in [6.45, 7) is 4.00. The molecule has 0 bridgehead atoms. The molecular formula is C11H15F6NO8S3. The summed E-state index contributed by atoms with van der Waals surface area (Å²) in [4.78, 5) is 0. The van der Waals surface area contributed by atoms with Crippen molar-refractivity contribution in [3.8, 4) is 5.75 Å². The maximum absolute atomic E-state index is 11.4. The van der Waals surface area contributed by atoms with Crippen LogP contribution in [0.1, 0.15) is 13.8 Å². The van der Waals surface area contributed by atoms with Crippen LogP contribution in [0.4, 0.5) is 32.0 Å². The zero-order chi connectivity index (χ0) is 23.9. The van der Waals surface area contributed by atoms with Crippen LogP contribution in [0.5, 0.6) is 5.75 Å². The normalized spacial score (nSPS) is 12.7. The highest BCUT2D eigenvalue weighted by molar-refractivity contribution is 8.00. The second-order valence-corrected chi connectivity index (χ2v) is 9.32. The van der Waals surface area contributed by atoms with Crippen LogP contribution in [0.2, 0.25) is 0 Å². The Balaban J connectivity index is 0. The molecule has 0 amide bonds. The maximum Gasteiger partial charge on any atom is 0.524 e. The molecule has 0 aliphatic heterocycles.